The van der Waals surface area contributed by atoms with E-state index in [9.17, 15) is 9.59 Å². The molecule has 6 nitrogen and oxygen atoms in total. The maximum absolute atomic E-state index is 12.5. The molecule has 1 saturated heterocycles. The molecular weight excluding hydrogens is 248 g/mol. The lowest BCUT2D eigenvalue weighted by molar-refractivity contribution is -0.143. The Morgan fingerprint density at radius 1 is 1.37 bits per heavy atom. The summed E-state index contributed by atoms with van der Waals surface area (Å²) in [5.41, 5.74) is 5.33. The van der Waals surface area contributed by atoms with Gasteiger partial charge in [-0.3, -0.25) is 9.59 Å². The summed E-state index contributed by atoms with van der Waals surface area (Å²) in [5.74, 6) is -0.930. The third-order valence-electron chi connectivity index (χ3n) is 3.48. The fraction of sp³-hybridized carbons (Fsp3) is 0.846. The van der Waals surface area contributed by atoms with Crippen molar-refractivity contribution in [3.8, 4) is 0 Å². The van der Waals surface area contributed by atoms with Crippen LogP contribution in [-0.2, 0) is 14.3 Å². The second kappa shape index (κ2) is 6.86. The summed E-state index contributed by atoms with van der Waals surface area (Å²) >= 11 is 0. The van der Waals surface area contributed by atoms with E-state index in [1.54, 1.807) is 4.90 Å². The number of ether oxygens (including phenoxy) is 1. The first-order chi connectivity index (χ1) is 8.87. The maximum Gasteiger partial charge on any atom is 0.303 e. The highest BCUT2D eigenvalue weighted by atomic mass is 16.5. The third kappa shape index (κ3) is 4.47. The number of rotatable bonds is 6. The number of nitrogens with zero attached hydrogens (tertiary/aromatic N) is 1. The molecule has 0 radical (unpaired) electrons. The van der Waals surface area contributed by atoms with Crippen LogP contribution in [0, 0.1) is 0 Å². The molecule has 6 heteroatoms. The molecule has 0 aromatic rings. The van der Waals surface area contributed by atoms with Crippen molar-refractivity contribution in [1.82, 2.24) is 4.90 Å². The number of aliphatic carboxylic acids is 1. The number of carboxylic acids is 1. The fourth-order valence-electron chi connectivity index (χ4n) is 2.23. The van der Waals surface area contributed by atoms with Crippen molar-refractivity contribution < 1.29 is 19.4 Å². The summed E-state index contributed by atoms with van der Waals surface area (Å²) in [5, 5.41) is 8.66. The molecule has 0 saturated carbocycles. The molecular formula is C13H24N2O4. The number of hydrogen-bond donors (Lipinski definition) is 2. The van der Waals surface area contributed by atoms with E-state index >= 15 is 0 Å². The standard InChI is InChI=1S/C13H24N2O4/c1-10(2)15(7-3-4-11(16)17)12(18)13(14)5-8-19-9-6-13/h10H,3-9,14H2,1-2H3,(H,16,17). The van der Waals surface area contributed by atoms with E-state index in [-0.39, 0.29) is 18.4 Å². The Bertz CT molecular complexity index is 325. The number of nitrogens with two attached hydrogens (primary N) is 1. The van der Waals surface area contributed by atoms with Crippen molar-refractivity contribution in [2.45, 2.75) is 51.1 Å². The quantitative estimate of drug-likeness (QED) is 0.738. The predicted octanol–water partition coefficient (Wildman–Crippen LogP) is 0.596. The predicted molar refractivity (Wildman–Crippen MR) is 70.7 cm³/mol. The van der Waals surface area contributed by atoms with Gasteiger partial charge in [0.25, 0.3) is 0 Å². The molecule has 19 heavy (non-hydrogen) atoms. The average molecular weight is 272 g/mol. The Labute approximate surface area is 113 Å². The Kier molecular flexibility index (Phi) is 5.75. The van der Waals surface area contributed by atoms with Gasteiger partial charge in [-0.25, -0.2) is 0 Å². The minimum absolute atomic E-state index is 0.0181. The van der Waals surface area contributed by atoms with Crippen molar-refractivity contribution in [2.24, 2.45) is 5.73 Å². The van der Waals surface area contributed by atoms with Gasteiger partial charge in [0.1, 0.15) is 0 Å². The van der Waals surface area contributed by atoms with Crippen molar-refractivity contribution in [2.75, 3.05) is 19.8 Å². The second-order valence-electron chi connectivity index (χ2n) is 5.36. The Morgan fingerprint density at radius 2 is 1.95 bits per heavy atom. The molecule has 0 aromatic heterocycles. The number of amides is 1. The minimum atomic E-state index is -0.855. The molecule has 1 aliphatic heterocycles. The Hall–Kier alpha value is -1.14. The molecule has 0 bridgehead atoms. The van der Waals surface area contributed by atoms with Gasteiger partial charge in [-0.15, -0.1) is 0 Å². The van der Waals surface area contributed by atoms with Crippen LogP contribution in [0.5, 0.6) is 0 Å². The van der Waals surface area contributed by atoms with Crippen LogP contribution >= 0.6 is 0 Å². The number of carbonyl (C=O) groups is 2. The van der Waals surface area contributed by atoms with Gasteiger partial charge in [0.15, 0.2) is 0 Å². The summed E-state index contributed by atoms with van der Waals surface area (Å²) in [7, 11) is 0. The van der Waals surface area contributed by atoms with Crippen molar-refractivity contribution >= 4 is 11.9 Å². The summed E-state index contributed by atoms with van der Waals surface area (Å²) in [6.07, 6.45) is 1.56. The van der Waals surface area contributed by atoms with Crippen molar-refractivity contribution in [1.29, 1.82) is 0 Å². The molecule has 110 valence electrons. The lowest BCUT2D eigenvalue weighted by atomic mass is 9.89. The van der Waals surface area contributed by atoms with Gasteiger partial charge in [-0.1, -0.05) is 0 Å². The topological polar surface area (TPSA) is 92.9 Å². The van der Waals surface area contributed by atoms with Gasteiger partial charge in [0, 0.05) is 32.2 Å². The molecule has 0 spiro atoms. The van der Waals surface area contributed by atoms with E-state index in [1.807, 2.05) is 13.8 Å². The highest BCUT2D eigenvalue weighted by Gasteiger charge is 2.39. The minimum Gasteiger partial charge on any atom is -0.481 e. The largest absolute Gasteiger partial charge is 0.481 e. The van der Waals surface area contributed by atoms with Crippen molar-refractivity contribution in [3.63, 3.8) is 0 Å². The molecule has 3 N–H and O–H groups in total. The molecule has 0 aliphatic carbocycles. The lowest BCUT2D eigenvalue weighted by Crippen LogP contribution is -2.59. The van der Waals surface area contributed by atoms with Gasteiger partial charge >= 0.3 is 5.97 Å². The molecule has 0 atom stereocenters. The van der Waals surface area contributed by atoms with Crippen LogP contribution in [0.15, 0.2) is 0 Å². The molecule has 0 unspecified atom stereocenters. The third-order valence-corrected chi connectivity index (χ3v) is 3.48. The molecule has 1 amide bonds. The van der Waals surface area contributed by atoms with Gasteiger partial charge in [-0.05, 0) is 33.1 Å². The van der Waals surface area contributed by atoms with E-state index in [2.05, 4.69) is 0 Å². The van der Waals surface area contributed by atoms with E-state index in [0.29, 0.717) is 39.0 Å². The zero-order chi connectivity index (χ0) is 14.5. The number of carboxylic acid groups (broad SMARTS) is 1. The van der Waals surface area contributed by atoms with E-state index < -0.39 is 11.5 Å². The molecule has 0 aromatic carbocycles. The normalized spacial score (nSPS) is 18.3. The van der Waals surface area contributed by atoms with Crippen LogP contribution < -0.4 is 5.73 Å². The fourth-order valence-corrected chi connectivity index (χ4v) is 2.23. The smallest absolute Gasteiger partial charge is 0.303 e. The van der Waals surface area contributed by atoms with E-state index in [1.165, 1.54) is 0 Å². The summed E-state index contributed by atoms with van der Waals surface area (Å²) < 4.78 is 5.24. The Balaban J connectivity index is 2.63. The molecule has 1 fully saturated rings. The monoisotopic (exact) mass is 272 g/mol. The van der Waals surface area contributed by atoms with Gasteiger partial charge in [0.2, 0.25) is 5.91 Å². The van der Waals surface area contributed by atoms with Crippen LogP contribution in [0.4, 0.5) is 0 Å². The van der Waals surface area contributed by atoms with Crippen LogP contribution in [0.25, 0.3) is 0 Å². The van der Waals surface area contributed by atoms with Crippen LogP contribution in [0.3, 0.4) is 0 Å². The van der Waals surface area contributed by atoms with Gasteiger partial charge < -0.3 is 20.5 Å². The SMILES string of the molecule is CC(C)N(CCCC(=O)O)C(=O)C1(N)CCOCC1. The molecule has 1 aliphatic rings. The summed E-state index contributed by atoms with van der Waals surface area (Å²) in [6, 6.07) is 0.0181. The zero-order valence-electron chi connectivity index (χ0n) is 11.7. The first kappa shape index (κ1) is 15.9. The number of carbonyl (C=O) groups excluding carboxylic acids is 1. The zero-order valence-corrected chi connectivity index (χ0v) is 11.7. The second-order valence-corrected chi connectivity index (χ2v) is 5.36. The van der Waals surface area contributed by atoms with Crippen LogP contribution in [-0.4, -0.2) is 53.2 Å². The van der Waals surface area contributed by atoms with Crippen LogP contribution in [0.2, 0.25) is 0 Å². The van der Waals surface area contributed by atoms with Crippen LogP contribution in [0.1, 0.15) is 39.5 Å². The Morgan fingerprint density at radius 3 is 2.42 bits per heavy atom. The van der Waals surface area contributed by atoms with Gasteiger partial charge in [0.05, 0.1) is 5.54 Å². The van der Waals surface area contributed by atoms with E-state index in [4.69, 9.17) is 15.6 Å². The first-order valence-electron chi connectivity index (χ1n) is 6.76. The summed E-state index contributed by atoms with van der Waals surface area (Å²) in [6.45, 7) is 5.28. The first-order valence-corrected chi connectivity index (χ1v) is 6.76. The number of hydrogen-bond acceptors (Lipinski definition) is 4. The highest BCUT2D eigenvalue weighted by molar-refractivity contribution is 5.86. The molecule has 1 rings (SSSR count). The van der Waals surface area contributed by atoms with Gasteiger partial charge in [-0.2, -0.15) is 0 Å². The average Bonchev–Trinajstić information content (AvgIpc) is 2.34. The maximum atomic E-state index is 12.5. The van der Waals surface area contributed by atoms with Crippen molar-refractivity contribution in [3.05, 3.63) is 0 Å². The van der Waals surface area contributed by atoms with E-state index in [0.717, 1.165) is 0 Å². The highest BCUT2D eigenvalue weighted by Crippen LogP contribution is 2.22. The lowest BCUT2D eigenvalue weighted by Gasteiger charge is -2.38. The molecule has 1 heterocycles. The summed E-state index contributed by atoms with van der Waals surface area (Å²) in [4.78, 5) is 24.8.